The number of anilines is 2. The van der Waals surface area contributed by atoms with Crippen LogP contribution in [0.25, 0.3) is 0 Å². The summed E-state index contributed by atoms with van der Waals surface area (Å²) in [4.78, 5) is 10.7. The van der Waals surface area contributed by atoms with Crippen LogP contribution in [-0.4, -0.2) is 19.8 Å². The maximum atomic E-state index is 10.7. The van der Waals surface area contributed by atoms with Gasteiger partial charge in [0.25, 0.3) is 0 Å². The van der Waals surface area contributed by atoms with Gasteiger partial charge < -0.3 is 19.7 Å². The zero-order chi connectivity index (χ0) is 11.4. The molecule has 0 bridgehead atoms. The number of carbonyl (C=O) groups is 1. The van der Waals surface area contributed by atoms with Gasteiger partial charge in [0.15, 0.2) is 0 Å². The standard InChI is InChI=1S/C8H10N2O4S/c1-5(11)9-7-4-6(10-15(13)14)2-3-8(7)12/h2-4,10,12H,1H3,(H,9,11)(H,13,14)/p-1. The van der Waals surface area contributed by atoms with Gasteiger partial charge in [-0.1, -0.05) is 0 Å². The van der Waals surface area contributed by atoms with E-state index in [1.165, 1.54) is 25.1 Å². The predicted molar refractivity (Wildman–Crippen MR) is 55.0 cm³/mol. The molecule has 82 valence electrons. The highest BCUT2D eigenvalue weighted by Gasteiger charge is 2.03. The van der Waals surface area contributed by atoms with Crippen molar-refractivity contribution in [1.29, 1.82) is 0 Å². The van der Waals surface area contributed by atoms with Crippen molar-refractivity contribution in [3.8, 4) is 5.75 Å². The molecule has 1 amide bonds. The summed E-state index contributed by atoms with van der Waals surface area (Å²) < 4.78 is 22.8. The zero-order valence-electron chi connectivity index (χ0n) is 7.81. The third kappa shape index (κ3) is 3.56. The first kappa shape index (κ1) is 11.5. The van der Waals surface area contributed by atoms with E-state index in [-0.39, 0.29) is 23.0 Å². The van der Waals surface area contributed by atoms with Gasteiger partial charge in [-0.25, -0.2) is 0 Å². The van der Waals surface area contributed by atoms with Crippen LogP contribution in [0.3, 0.4) is 0 Å². The molecule has 1 unspecified atom stereocenters. The van der Waals surface area contributed by atoms with Crippen molar-refractivity contribution in [3.63, 3.8) is 0 Å². The molecule has 7 heteroatoms. The molecule has 6 nitrogen and oxygen atoms in total. The number of hydrogen-bond donors (Lipinski definition) is 3. The van der Waals surface area contributed by atoms with Gasteiger partial charge in [-0.05, 0) is 18.2 Å². The maximum Gasteiger partial charge on any atom is 0.221 e. The van der Waals surface area contributed by atoms with E-state index in [2.05, 4.69) is 10.0 Å². The second kappa shape index (κ2) is 4.76. The Hall–Kier alpha value is -1.60. The van der Waals surface area contributed by atoms with Crippen LogP contribution in [0.4, 0.5) is 11.4 Å². The second-order valence-electron chi connectivity index (χ2n) is 2.75. The normalized spacial score (nSPS) is 11.9. The number of nitrogens with one attached hydrogen (secondary N) is 2. The van der Waals surface area contributed by atoms with Gasteiger partial charge in [0.2, 0.25) is 5.91 Å². The largest absolute Gasteiger partial charge is 0.755 e. The van der Waals surface area contributed by atoms with Gasteiger partial charge in [0, 0.05) is 23.9 Å². The Morgan fingerprint density at radius 3 is 2.73 bits per heavy atom. The number of amides is 1. The van der Waals surface area contributed by atoms with Crippen LogP contribution in [-0.2, 0) is 16.1 Å². The van der Waals surface area contributed by atoms with Crippen molar-refractivity contribution >= 4 is 28.5 Å². The SMILES string of the molecule is CC(=O)Nc1cc(NS(=O)[O-])ccc1O. The van der Waals surface area contributed by atoms with Crippen LogP contribution in [0.15, 0.2) is 18.2 Å². The lowest BCUT2D eigenvalue weighted by molar-refractivity contribution is -0.114. The number of rotatable bonds is 3. The van der Waals surface area contributed by atoms with Crippen LogP contribution in [0.2, 0.25) is 0 Å². The van der Waals surface area contributed by atoms with E-state index in [9.17, 15) is 18.7 Å². The molecule has 0 aliphatic rings. The molecule has 0 aliphatic carbocycles. The molecular weight excluding hydrogens is 220 g/mol. The number of carbonyl (C=O) groups excluding carboxylic acids is 1. The smallest absolute Gasteiger partial charge is 0.221 e. The Kier molecular flexibility index (Phi) is 3.64. The Morgan fingerprint density at radius 2 is 2.20 bits per heavy atom. The molecule has 0 fully saturated rings. The third-order valence-corrected chi connectivity index (χ3v) is 1.91. The fourth-order valence-electron chi connectivity index (χ4n) is 0.986. The average molecular weight is 229 g/mol. The molecule has 1 rings (SSSR count). The summed E-state index contributed by atoms with van der Waals surface area (Å²) in [6, 6.07) is 3.96. The van der Waals surface area contributed by atoms with Gasteiger partial charge in [0.05, 0.1) is 5.69 Å². The van der Waals surface area contributed by atoms with E-state index in [0.717, 1.165) is 0 Å². The number of aromatic hydroxyl groups is 1. The third-order valence-electron chi connectivity index (χ3n) is 1.51. The highest BCUT2D eigenvalue weighted by Crippen LogP contribution is 2.26. The van der Waals surface area contributed by atoms with Crippen LogP contribution < -0.4 is 10.0 Å². The van der Waals surface area contributed by atoms with E-state index in [1.807, 2.05) is 0 Å². The number of hydrogen-bond acceptors (Lipinski definition) is 4. The van der Waals surface area contributed by atoms with Crippen LogP contribution in [0.1, 0.15) is 6.92 Å². The van der Waals surface area contributed by atoms with E-state index < -0.39 is 11.3 Å². The quantitative estimate of drug-likeness (QED) is 0.400. The van der Waals surface area contributed by atoms with Crippen molar-refractivity contribution in [2.45, 2.75) is 6.92 Å². The molecule has 0 aromatic heterocycles. The summed E-state index contributed by atoms with van der Waals surface area (Å²) >= 11 is -2.44. The van der Waals surface area contributed by atoms with Crippen molar-refractivity contribution in [1.82, 2.24) is 0 Å². The lowest BCUT2D eigenvalue weighted by Gasteiger charge is -2.11. The van der Waals surface area contributed by atoms with Crippen LogP contribution in [0.5, 0.6) is 5.75 Å². The molecule has 1 atom stereocenters. The minimum atomic E-state index is -2.44. The van der Waals surface area contributed by atoms with E-state index in [0.29, 0.717) is 0 Å². The molecule has 1 aromatic rings. The summed E-state index contributed by atoms with van der Waals surface area (Å²) in [5.41, 5.74) is 0.405. The highest BCUT2D eigenvalue weighted by atomic mass is 32.2. The number of benzene rings is 1. The lowest BCUT2D eigenvalue weighted by Crippen LogP contribution is -2.07. The van der Waals surface area contributed by atoms with Gasteiger partial charge >= 0.3 is 0 Å². The summed E-state index contributed by atoms with van der Waals surface area (Å²) in [5, 5.41) is 11.7. The first-order valence-corrected chi connectivity index (χ1v) is 5.03. The average Bonchev–Trinajstić information content (AvgIpc) is 2.09. The Labute approximate surface area is 88.7 Å². The fourth-order valence-corrected chi connectivity index (χ4v) is 1.30. The van der Waals surface area contributed by atoms with Crippen LogP contribution >= 0.6 is 0 Å². The Balaban J connectivity index is 2.94. The molecule has 0 aliphatic heterocycles. The molecule has 0 heterocycles. The van der Waals surface area contributed by atoms with Gasteiger partial charge in [0.1, 0.15) is 5.75 Å². The van der Waals surface area contributed by atoms with E-state index >= 15 is 0 Å². The summed E-state index contributed by atoms with van der Waals surface area (Å²) in [7, 11) is 0. The maximum absolute atomic E-state index is 10.7. The predicted octanol–water partition coefficient (Wildman–Crippen LogP) is 0.557. The highest BCUT2D eigenvalue weighted by molar-refractivity contribution is 7.80. The molecule has 15 heavy (non-hydrogen) atoms. The molecule has 3 N–H and O–H groups in total. The molecule has 0 saturated heterocycles. The summed E-state index contributed by atoms with van der Waals surface area (Å²) in [6.07, 6.45) is 0. The molecule has 0 radical (unpaired) electrons. The van der Waals surface area contributed by atoms with Crippen molar-refractivity contribution in [3.05, 3.63) is 18.2 Å². The lowest BCUT2D eigenvalue weighted by atomic mass is 10.2. The van der Waals surface area contributed by atoms with Crippen molar-refractivity contribution in [2.75, 3.05) is 10.0 Å². The van der Waals surface area contributed by atoms with E-state index in [4.69, 9.17) is 0 Å². The first-order valence-electron chi connectivity index (χ1n) is 3.95. The number of phenols is 1. The van der Waals surface area contributed by atoms with Gasteiger partial charge in [-0.3, -0.25) is 9.00 Å². The monoisotopic (exact) mass is 229 g/mol. The fraction of sp³-hybridized carbons (Fsp3) is 0.125. The minimum Gasteiger partial charge on any atom is -0.755 e. The Bertz CT molecular complexity index is 408. The van der Waals surface area contributed by atoms with Crippen molar-refractivity contribution < 1.29 is 18.7 Å². The summed E-state index contributed by atoms with van der Waals surface area (Å²) in [6.45, 7) is 1.28. The first-order chi connectivity index (χ1) is 6.99. The van der Waals surface area contributed by atoms with Gasteiger partial charge in [-0.2, -0.15) is 0 Å². The molecule has 0 saturated carbocycles. The zero-order valence-corrected chi connectivity index (χ0v) is 8.63. The molecule has 0 spiro atoms. The molecular formula is C8H9N2O4S-. The summed E-state index contributed by atoms with van der Waals surface area (Å²) in [5.74, 6) is -0.488. The van der Waals surface area contributed by atoms with Crippen LogP contribution in [0, 0.1) is 0 Å². The second-order valence-corrected chi connectivity index (χ2v) is 3.42. The minimum absolute atomic E-state index is 0.132. The number of phenolic OH excluding ortho intramolecular Hbond substituents is 1. The van der Waals surface area contributed by atoms with E-state index in [1.54, 1.807) is 0 Å². The Morgan fingerprint density at radius 1 is 1.53 bits per heavy atom. The van der Waals surface area contributed by atoms with Gasteiger partial charge in [-0.15, -0.1) is 0 Å². The molecule has 1 aromatic carbocycles. The van der Waals surface area contributed by atoms with Crippen molar-refractivity contribution in [2.24, 2.45) is 0 Å². The topological polar surface area (TPSA) is 101 Å².